The molecule has 11 rings (SSSR count). The topological polar surface area (TPSA) is 169 Å². The predicted molar refractivity (Wildman–Crippen MR) is 328 cm³/mol. The molecule has 0 spiro atoms. The maximum Gasteiger partial charge on any atom is 0.286 e. The monoisotopic (exact) mass is 1130 g/mol. The van der Waals surface area contributed by atoms with Crippen LogP contribution < -0.4 is 49.6 Å². The van der Waals surface area contributed by atoms with E-state index in [9.17, 15) is 19.2 Å². The predicted octanol–water partition coefficient (Wildman–Crippen LogP) is 12.5. The van der Waals surface area contributed by atoms with Crippen molar-refractivity contribution in [3.63, 3.8) is 0 Å². The number of nitrogens with zero attached hydrogens (tertiary/aromatic N) is 5. The number of piperidine rings is 2. The van der Waals surface area contributed by atoms with Gasteiger partial charge >= 0.3 is 0 Å². The molecule has 7 aromatic rings. The van der Waals surface area contributed by atoms with Gasteiger partial charge < -0.3 is 43.5 Å². The number of rotatable bonds is 17. The first-order valence-electron chi connectivity index (χ1n) is 27.8. The molecule has 2 atom stereocenters. The summed E-state index contributed by atoms with van der Waals surface area (Å²) < 4.78 is 26.9. The van der Waals surface area contributed by atoms with Crippen molar-refractivity contribution in [2.75, 3.05) is 71.9 Å². The van der Waals surface area contributed by atoms with Gasteiger partial charge in [-0.05, 0) is 136 Å². The van der Waals surface area contributed by atoms with Crippen LogP contribution in [0.25, 0.3) is 11.0 Å². The molecule has 4 amide bonds. The van der Waals surface area contributed by atoms with Crippen LogP contribution in [0.4, 0.5) is 27.5 Å². The van der Waals surface area contributed by atoms with Crippen molar-refractivity contribution in [2.45, 2.75) is 83.7 Å². The molecule has 4 aliphatic heterocycles. The average molecular weight is 1140 g/mol. The number of aromatic nitrogens is 2. The van der Waals surface area contributed by atoms with Crippen molar-refractivity contribution < 1.29 is 38.1 Å². The van der Waals surface area contributed by atoms with Gasteiger partial charge in [0, 0.05) is 52.4 Å². The molecule has 0 aliphatic carbocycles. The third-order valence-electron chi connectivity index (χ3n) is 14.2. The van der Waals surface area contributed by atoms with Gasteiger partial charge in [-0.1, -0.05) is 79.7 Å². The fourth-order valence-electron chi connectivity index (χ4n) is 9.78. The second kappa shape index (κ2) is 29.6. The van der Waals surface area contributed by atoms with Crippen LogP contribution >= 0.6 is 23.5 Å². The molecule has 16 nitrogen and oxygen atoms in total. The van der Waals surface area contributed by atoms with Gasteiger partial charge in [-0.15, -0.1) is 0 Å². The maximum absolute atomic E-state index is 12.0. The van der Waals surface area contributed by atoms with Gasteiger partial charge in [0.25, 0.3) is 5.24 Å². The van der Waals surface area contributed by atoms with Crippen molar-refractivity contribution in [3.8, 4) is 34.5 Å². The van der Waals surface area contributed by atoms with Crippen molar-refractivity contribution in [3.05, 3.63) is 150 Å². The zero-order valence-corrected chi connectivity index (χ0v) is 48.8. The van der Waals surface area contributed by atoms with Crippen molar-refractivity contribution >= 4 is 80.8 Å². The summed E-state index contributed by atoms with van der Waals surface area (Å²) in [6.07, 6.45) is 10.3. The normalized spacial score (nSPS) is 15.7. The summed E-state index contributed by atoms with van der Waals surface area (Å²) in [5.41, 5.74) is 8.62. The molecule has 6 aromatic carbocycles. The number of para-hydroxylation sites is 4. The lowest BCUT2D eigenvalue weighted by Gasteiger charge is -2.30. The summed E-state index contributed by atoms with van der Waals surface area (Å²) in [4.78, 5) is 54.6. The van der Waals surface area contributed by atoms with Crippen molar-refractivity contribution in [1.82, 2.24) is 20.2 Å². The number of aryl methyl sites for hydroxylation is 2. The summed E-state index contributed by atoms with van der Waals surface area (Å²) in [5, 5.41) is 7.33. The lowest BCUT2D eigenvalue weighted by molar-refractivity contribution is -0.125. The largest absolute Gasteiger partial charge is 0.489 e. The fourth-order valence-corrected chi connectivity index (χ4v) is 10.9. The van der Waals surface area contributed by atoms with Crippen LogP contribution in [0, 0.1) is 6.92 Å². The summed E-state index contributed by atoms with van der Waals surface area (Å²) in [5.74, 6) is 5.72. The molecule has 5 heterocycles. The number of hydrogen-bond donors (Lipinski definition) is 3. The standard InChI is InChI=1S/C31H36N4O4S.C27H29N3O2.C3H3NO2S.C2H6/c1-34-27-19-24(39-28-9-5-4-8-26(28)35-16-6-3-7-17-35)14-15-25(27)33-30(34)20-38-23-12-10-22(11-13-23)18-29(40-2)31(37)32-21-36;1-20-10-12-21(13-11-20)31-19-27-28-23-15-14-22(18-25(23)29(27)2)32-26-9-5-4-8-24(26)30-16-6-3-7-17-30;5-2-1-7-3(6)4-2;1-2/h4-5,8-15,19,21,29-30,33H,3,6-7,16-18,20H2,1-2H3,(H,32,36,37);4-5,8-15,18H,3,6-7,16-17,19H2,1-2H3;1H2,(H,4,5,6);1-2H3. The van der Waals surface area contributed by atoms with E-state index >= 15 is 0 Å². The number of nitrogens with one attached hydrogen (secondary N) is 3. The number of imide groups is 2. The van der Waals surface area contributed by atoms with E-state index in [2.05, 4.69) is 103 Å². The van der Waals surface area contributed by atoms with Crippen LogP contribution in [0.1, 0.15) is 69.3 Å². The molecule has 426 valence electrons. The molecule has 2 unspecified atom stereocenters. The van der Waals surface area contributed by atoms with Crippen molar-refractivity contribution in [1.29, 1.82) is 0 Å². The van der Waals surface area contributed by atoms with Crippen LogP contribution in [0.15, 0.2) is 133 Å². The minimum atomic E-state index is -0.320. The summed E-state index contributed by atoms with van der Waals surface area (Å²) in [6, 6.07) is 44.7. The first kappa shape index (κ1) is 59.3. The van der Waals surface area contributed by atoms with Crippen LogP contribution in [-0.4, -0.2) is 96.3 Å². The van der Waals surface area contributed by atoms with E-state index in [-0.39, 0.29) is 28.5 Å². The molecule has 3 saturated heterocycles. The zero-order valence-electron chi connectivity index (χ0n) is 47.2. The molecule has 0 saturated carbocycles. The molecule has 3 fully saturated rings. The van der Waals surface area contributed by atoms with Gasteiger partial charge in [0.05, 0.1) is 44.8 Å². The van der Waals surface area contributed by atoms with Crippen LogP contribution in [0.5, 0.6) is 34.5 Å². The van der Waals surface area contributed by atoms with Crippen LogP contribution in [-0.2, 0) is 34.5 Å². The highest BCUT2D eigenvalue weighted by atomic mass is 32.2. The molecule has 18 heteroatoms. The maximum atomic E-state index is 12.0. The number of fused-ring (bicyclic) bond motifs is 2. The third-order valence-corrected chi connectivity index (χ3v) is 15.9. The number of amides is 4. The Morgan fingerprint density at radius 1 is 0.728 bits per heavy atom. The van der Waals surface area contributed by atoms with Gasteiger partial charge in [0.15, 0.2) is 11.5 Å². The van der Waals surface area contributed by atoms with E-state index < -0.39 is 0 Å². The van der Waals surface area contributed by atoms with Gasteiger partial charge in [-0.25, -0.2) is 4.98 Å². The molecular formula is C63H74N8O8S2. The third kappa shape index (κ3) is 16.2. The minimum absolute atomic E-state index is 0.0292. The van der Waals surface area contributed by atoms with E-state index in [1.54, 1.807) is 0 Å². The van der Waals surface area contributed by atoms with Crippen molar-refractivity contribution in [2.24, 2.45) is 7.05 Å². The Kier molecular flexibility index (Phi) is 21.7. The van der Waals surface area contributed by atoms with Crippen LogP contribution in [0.3, 0.4) is 0 Å². The SMILES string of the molecule is CC.CSC(Cc1ccc(OCC2Nc3ccc(Oc4ccccc4N4CCCCC4)cc3N2C)cc1)C(=O)NC=O.Cc1ccc(OCc2nc3ccc(Oc4ccccc4N4CCCCC4)cc3n2C)cc1.O=C1CSC(=O)N1. The number of benzene rings is 6. The molecule has 0 radical (unpaired) electrons. The van der Waals surface area contributed by atoms with Gasteiger partial charge in [-0.2, -0.15) is 11.8 Å². The Morgan fingerprint density at radius 2 is 1.30 bits per heavy atom. The first-order chi connectivity index (χ1) is 39.5. The minimum Gasteiger partial charge on any atom is -0.489 e. The van der Waals surface area contributed by atoms with E-state index in [0.717, 1.165) is 112 Å². The van der Waals surface area contributed by atoms with Gasteiger partial charge in [0.1, 0.15) is 48.2 Å². The number of anilines is 4. The molecule has 81 heavy (non-hydrogen) atoms. The number of ether oxygens (including phenoxy) is 4. The smallest absolute Gasteiger partial charge is 0.286 e. The Labute approximate surface area is 484 Å². The number of carbonyl (C=O) groups is 4. The molecule has 4 aliphatic rings. The summed E-state index contributed by atoms with van der Waals surface area (Å²) in [7, 11) is 4.07. The van der Waals surface area contributed by atoms with Crippen LogP contribution in [0.2, 0.25) is 0 Å². The molecular weight excluding hydrogens is 1060 g/mol. The Morgan fingerprint density at radius 3 is 1.86 bits per heavy atom. The second-order valence-electron chi connectivity index (χ2n) is 19.7. The number of thioether (sulfide) groups is 2. The van der Waals surface area contributed by atoms with E-state index in [4.69, 9.17) is 23.9 Å². The van der Waals surface area contributed by atoms with E-state index in [1.807, 2.05) is 107 Å². The quantitative estimate of drug-likeness (QED) is 0.0736. The highest BCUT2D eigenvalue weighted by Crippen LogP contribution is 2.41. The number of imidazole rings is 1. The van der Waals surface area contributed by atoms with Gasteiger partial charge in [-0.3, -0.25) is 29.8 Å². The lowest BCUT2D eigenvalue weighted by Crippen LogP contribution is -2.37. The Balaban J connectivity index is 0.000000187. The molecule has 0 bridgehead atoms. The Bertz CT molecular complexity index is 3190. The fraction of sp³-hybridized carbons (Fsp3) is 0.349. The highest BCUT2D eigenvalue weighted by molar-refractivity contribution is 8.14. The molecule has 3 N–H and O–H groups in total. The number of hydrogen-bond acceptors (Lipinski definition) is 15. The number of likely N-dealkylation sites (N-methyl/N-ethyl adjacent to an activating group) is 1. The first-order valence-corrected chi connectivity index (χ1v) is 30.1. The summed E-state index contributed by atoms with van der Waals surface area (Å²) >= 11 is 2.43. The van der Waals surface area contributed by atoms with Gasteiger partial charge in [0.2, 0.25) is 18.2 Å². The molecule has 1 aromatic heterocycles. The zero-order chi connectivity index (χ0) is 57.1. The van der Waals surface area contributed by atoms with E-state index in [1.165, 1.54) is 61.5 Å². The van der Waals surface area contributed by atoms with E-state index in [0.29, 0.717) is 31.8 Å². The number of carbonyl (C=O) groups excluding carboxylic acids is 4. The second-order valence-corrected chi connectivity index (χ2v) is 21.6. The summed E-state index contributed by atoms with van der Waals surface area (Å²) in [6.45, 7) is 11.3. The lowest BCUT2D eigenvalue weighted by atomic mass is 10.1. The average Bonchev–Trinajstić information content (AvgIpc) is 4.38. The Hall–Kier alpha value is -7.83. The highest BCUT2D eigenvalue weighted by Gasteiger charge is 2.28.